The van der Waals surface area contributed by atoms with Gasteiger partial charge in [-0.05, 0) is 12.2 Å². The summed E-state index contributed by atoms with van der Waals surface area (Å²) < 4.78 is 24.1. The van der Waals surface area contributed by atoms with Crippen molar-refractivity contribution in [3.05, 3.63) is 0 Å². The Balaban J connectivity index is -0.0000000720. The molecule has 0 amide bonds. The molecule has 0 aromatic heterocycles. The Kier molecular flexibility index (Phi) is 21.0. The van der Waals surface area contributed by atoms with E-state index >= 15 is 0 Å². The van der Waals surface area contributed by atoms with E-state index in [0.717, 1.165) is 0 Å². The predicted molar refractivity (Wildman–Crippen MR) is 32.5 cm³/mol. The van der Waals surface area contributed by atoms with Gasteiger partial charge in [-0.3, -0.25) is 0 Å². The zero-order chi connectivity index (χ0) is 7.15. The van der Waals surface area contributed by atoms with Crippen molar-refractivity contribution < 1.29 is 42.9 Å². The number of rotatable bonds is 0. The molecule has 50 valence electrons. The summed E-state index contributed by atoms with van der Waals surface area (Å²) in [6, 6.07) is 0. The van der Waals surface area contributed by atoms with Crippen molar-refractivity contribution in [1.82, 2.24) is 0 Å². The molecule has 0 spiro atoms. The quantitative estimate of drug-likeness (QED) is 0.197. The van der Waals surface area contributed by atoms with Crippen molar-refractivity contribution in [2.75, 3.05) is 0 Å². The van der Waals surface area contributed by atoms with Crippen LogP contribution in [0.1, 0.15) is 0 Å². The maximum Gasteiger partial charge on any atom is 1.00 e. The number of thiocarbonyl (C=S) groups is 1. The second-order valence-electron chi connectivity index (χ2n) is 0.619. The first-order valence-electron chi connectivity index (χ1n) is 1.30. The van der Waals surface area contributed by atoms with Crippen molar-refractivity contribution in [2.45, 2.75) is 0 Å². The summed E-state index contributed by atoms with van der Waals surface area (Å²) in [6.45, 7) is 0. The van der Waals surface area contributed by atoms with E-state index in [1.807, 2.05) is 0 Å². The SMILES string of the molecule is NC(N)=S.O=S([O-])O.[Na+]. The molecule has 0 aliphatic carbocycles. The smallest absolute Gasteiger partial charge is 0.750 e. The van der Waals surface area contributed by atoms with Gasteiger partial charge < -0.3 is 20.6 Å². The molecule has 9 heavy (non-hydrogen) atoms. The molecular weight excluding hydrogens is 175 g/mol. The van der Waals surface area contributed by atoms with E-state index < -0.39 is 11.4 Å². The van der Waals surface area contributed by atoms with E-state index in [9.17, 15) is 0 Å². The third kappa shape index (κ3) is 693. The van der Waals surface area contributed by atoms with Gasteiger partial charge >= 0.3 is 29.6 Å². The largest absolute Gasteiger partial charge is 1.00 e. The van der Waals surface area contributed by atoms with Gasteiger partial charge in [0, 0.05) is 0 Å². The first kappa shape index (κ1) is 16.4. The van der Waals surface area contributed by atoms with Crippen LogP contribution in [0.5, 0.6) is 0 Å². The van der Waals surface area contributed by atoms with E-state index in [0.29, 0.717) is 0 Å². The van der Waals surface area contributed by atoms with E-state index in [4.69, 9.17) is 13.3 Å². The van der Waals surface area contributed by atoms with Crippen LogP contribution in [-0.2, 0) is 11.4 Å². The molecule has 0 rings (SSSR count). The molecule has 0 saturated heterocycles. The molecule has 5 N–H and O–H groups in total. The summed E-state index contributed by atoms with van der Waals surface area (Å²) in [4.78, 5) is 0. The maximum absolute atomic E-state index is 8.56. The van der Waals surface area contributed by atoms with Crippen molar-refractivity contribution in [2.24, 2.45) is 11.5 Å². The molecule has 0 fully saturated rings. The third-order valence-corrected chi connectivity index (χ3v) is 0. The van der Waals surface area contributed by atoms with E-state index in [2.05, 4.69) is 23.7 Å². The molecule has 0 heterocycles. The Labute approximate surface area is 82.6 Å². The summed E-state index contributed by atoms with van der Waals surface area (Å²) in [6.07, 6.45) is 0. The summed E-state index contributed by atoms with van der Waals surface area (Å²) in [5.74, 6) is 0. The van der Waals surface area contributed by atoms with E-state index in [1.165, 1.54) is 0 Å². The minimum atomic E-state index is -2.86. The van der Waals surface area contributed by atoms with Gasteiger partial charge in [0.15, 0.2) is 5.11 Å². The molecule has 5 nitrogen and oxygen atoms in total. The Morgan fingerprint density at radius 2 is 1.67 bits per heavy atom. The topological polar surface area (TPSA) is 112 Å². The summed E-state index contributed by atoms with van der Waals surface area (Å²) in [5.41, 5.74) is 9.24. The summed E-state index contributed by atoms with van der Waals surface area (Å²) >= 11 is 1.23. The van der Waals surface area contributed by atoms with Gasteiger partial charge in [0.2, 0.25) is 0 Å². The van der Waals surface area contributed by atoms with Crippen LogP contribution in [0.4, 0.5) is 0 Å². The number of nitrogens with two attached hydrogens (primary N) is 2. The second kappa shape index (κ2) is 11.5. The van der Waals surface area contributed by atoms with Gasteiger partial charge in [0.1, 0.15) is 0 Å². The van der Waals surface area contributed by atoms with Crippen LogP contribution in [0, 0.1) is 0 Å². The van der Waals surface area contributed by atoms with E-state index in [-0.39, 0.29) is 34.7 Å². The Hall–Kier alpha value is 0.760. The fourth-order valence-corrected chi connectivity index (χ4v) is 0. The number of hydrogen-bond acceptors (Lipinski definition) is 3. The first-order valence-corrected chi connectivity index (χ1v) is 2.74. The van der Waals surface area contributed by atoms with Crippen LogP contribution in [0.25, 0.3) is 0 Å². The Bertz CT molecular complexity index is 77.8. The standard InChI is InChI=1S/CH4N2S.Na.H2O3S/c2-1(3)4;;1-4(2)3/h(H4,2,3,4);;(H2,1,2,3)/q;+1;/p-1. The van der Waals surface area contributed by atoms with Crippen molar-refractivity contribution in [3.63, 3.8) is 0 Å². The molecule has 0 aromatic carbocycles. The third-order valence-electron chi connectivity index (χ3n) is 0. The van der Waals surface area contributed by atoms with Gasteiger partial charge in [0.05, 0.1) is 11.4 Å². The monoisotopic (exact) mass is 180 g/mol. The van der Waals surface area contributed by atoms with Crippen LogP contribution < -0.4 is 41.0 Å². The molecule has 0 saturated carbocycles. The van der Waals surface area contributed by atoms with Crippen LogP contribution >= 0.6 is 12.2 Å². The Morgan fingerprint density at radius 1 is 1.67 bits per heavy atom. The fraction of sp³-hybridized carbons (Fsp3) is 0. The van der Waals surface area contributed by atoms with Crippen LogP contribution in [0.15, 0.2) is 0 Å². The maximum atomic E-state index is 8.56. The Morgan fingerprint density at radius 3 is 1.67 bits per heavy atom. The molecule has 1 unspecified atom stereocenters. The van der Waals surface area contributed by atoms with Gasteiger partial charge in [0.25, 0.3) is 0 Å². The molecule has 8 heteroatoms. The molecular formula is CH5N2NaO3S2. The minimum absolute atomic E-state index is 0. The predicted octanol–water partition coefficient (Wildman–Crippen LogP) is -4.47. The molecule has 0 aliphatic rings. The van der Waals surface area contributed by atoms with Crippen molar-refractivity contribution in [3.8, 4) is 0 Å². The van der Waals surface area contributed by atoms with Gasteiger partial charge in [-0.1, -0.05) is 0 Å². The second-order valence-corrected chi connectivity index (χ2v) is 1.53. The van der Waals surface area contributed by atoms with Gasteiger partial charge in [-0.15, -0.1) is 0 Å². The first-order chi connectivity index (χ1) is 3.46. The average Bonchev–Trinajstić information content (AvgIpc) is 1.25. The molecule has 1 atom stereocenters. The molecule has 0 aromatic rings. The van der Waals surface area contributed by atoms with Gasteiger partial charge in [-0.2, -0.15) is 0 Å². The van der Waals surface area contributed by atoms with Crippen molar-refractivity contribution >= 4 is 28.7 Å². The van der Waals surface area contributed by atoms with Crippen LogP contribution in [0.2, 0.25) is 0 Å². The summed E-state index contributed by atoms with van der Waals surface area (Å²) in [5, 5.41) is 0.000000000000000222. The molecule has 0 bridgehead atoms. The summed E-state index contributed by atoms with van der Waals surface area (Å²) in [7, 11) is 0. The minimum Gasteiger partial charge on any atom is -0.750 e. The van der Waals surface area contributed by atoms with Crippen LogP contribution in [0.3, 0.4) is 0 Å². The fourth-order valence-electron chi connectivity index (χ4n) is 0. The van der Waals surface area contributed by atoms with Crippen molar-refractivity contribution in [1.29, 1.82) is 0 Å². The van der Waals surface area contributed by atoms with Gasteiger partial charge in [-0.25, -0.2) is 4.21 Å². The zero-order valence-electron chi connectivity index (χ0n) is 4.73. The molecule has 0 aliphatic heterocycles. The molecule has 0 radical (unpaired) electrons. The normalized spacial score (nSPS) is 9.56. The van der Waals surface area contributed by atoms with Crippen LogP contribution in [-0.4, -0.2) is 18.4 Å². The number of hydrogen-bond donors (Lipinski definition) is 3. The van der Waals surface area contributed by atoms with E-state index in [1.54, 1.807) is 0 Å². The average molecular weight is 180 g/mol. The zero-order valence-corrected chi connectivity index (χ0v) is 8.37.